The summed E-state index contributed by atoms with van der Waals surface area (Å²) in [6.45, 7) is 0. The van der Waals surface area contributed by atoms with Gasteiger partial charge in [0, 0.05) is 7.11 Å². The van der Waals surface area contributed by atoms with Crippen LogP contribution in [0.15, 0.2) is 0 Å². The second-order valence-corrected chi connectivity index (χ2v) is 1.56. The van der Waals surface area contributed by atoms with E-state index in [9.17, 15) is 0 Å². The van der Waals surface area contributed by atoms with Crippen molar-refractivity contribution in [3.63, 3.8) is 0 Å². The van der Waals surface area contributed by atoms with Crippen molar-refractivity contribution in [2.24, 2.45) is 0 Å². The second-order valence-electron chi connectivity index (χ2n) is 1.56. The van der Waals surface area contributed by atoms with Gasteiger partial charge in [-0.2, -0.15) is 0 Å². The van der Waals surface area contributed by atoms with E-state index in [4.69, 9.17) is 5.11 Å². The Hall–Kier alpha value is -0.0800. The largest absolute Gasteiger partial charge is 0.400 e. The Morgan fingerprint density at radius 1 is 1.00 bits per heavy atom. The molecule has 8 heavy (non-hydrogen) atoms. The quantitative estimate of drug-likeness (QED) is 0.490. The molecule has 0 heterocycles. The van der Waals surface area contributed by atoms with E-state index in [0.29, 0.717) is 0 Å². The van der Waals surface area contributed by atoms with Crippen LogP contribution in [0.5, 0.6) is 0 Å². The first kappa shape index (κ1) is 10.8. The van der Waals surface area contributed by atoms with E-state index in [2.05, 4.69) is 5.32 Å². The van der Waals surface area contributed by atoms with Crippen molar-refractivity contribution < 1.29 is 5.11 Å². The molecule has 0 bridgehead atoms. The highest BCUT2D eigenvalue weighted by Gasteiger charge is 1.95. The summed E-state index contributed by atoms with van der Waals surface area (Å²) in [6.07, 6.45) is 4.50. The Labute approximate surface area is 51.9 Å². The first-order chi connectivity index (χ1) is 3.91. The molecule has 52 valence electrons. The summed E-state index contributed by atoms with van der Waals surface area (Å²) in [7, 11) is 4.75. The van der Waals surface area contributed by atoms with Crippen LogP contribution < -0.4 is 5.32 Å². The minimum atomic E-state index is 1.00. The van der Waals surface area contributed by atoms with Crippen molar-refractivity contribution in [1.82, 2.24) is 5.32 Å². The zero-order chi connectivity index (χ0) is 6.83. The monoisotopic (exact) mass is 119 g/mol. The average Bonchev–Trinajstić information content (AvgIpc) is 2.54. The molecule has 2 nitrogen and oxygen atoms in total. The first-order valence-electron chi connectivity index (χ1n) is 2.95. The zero-order valence-corrected chi connectivity index (χ0v) is 6.07. The lowest BCUT2D eigenvalue weighted by Gasteiger charge is -1.59. The van der Waals surface area contributed by atoms with Crippen LogP contribution in [0.3, 0.4) is 0 Å². The summed E-state index contributed by atoms with van der Waals surface area (Å²) in [5.74, 6) is 0. The minimum absolute atomic E-state index is 1.00. The molecule has 0 aromatic carbocycles. The fraction of sp³-hybridized carbons (Fsp3) is 1.00. The average molecular weight is 119 g/mol. The molecule has 1 rings (SSSR count). The molecule has 0 saturated heterocycles. The van der Waals surface area contributed by atoms with Gasteiger partial charge < -0.3 is 10.4 Å². The van der Waals surface area contributed by atoms with Crippen molar-refractivity contribution in [2.45, 2.75) is 19.3 Å². The summed E-state index contributed by atoms with van der Waals surface area (Å²) < 4.78 is 0. The maximum Gasteiger partial charge on any atom is 0.0319 e. The zero-order valence-electron chi connectivity index (χ0n) is 6.07. The molecule has 1 aliphatic rings. The van der Waals surface area contributed by atoms with E-state index in [0.717, 1.165) is 7.11 Å². The van der Waals surface area contributed by atoms with E-state index in [1.54, 1.807) is 0 Å². The molecule has 1 fully saturated rings. The lowest BCUT2D eigenvalue weighted by atomic mass is 11.0. The van der Waals surface area contributed by atoms with Gasteiger partial charge in [0.15, 0.2) is 0 Å². The van der Waals surface area contributed by atoms with Crippen LogP contribution in [0, 0.1) is 0 Å². The van der Waals surface area contributed by atoms with Crippen LogP contribution in [0.25, 0.3) is 0 Å². The fourth-order valence-corrected chi connectivity index (χ4v) is 0. The van der Waals surface area contributed by atoms with Gasteiger partial charge in [0.25, 0.3) is 0 Å². The van der Waals surface area contributed by atoms with Gasteiger partial charge in [-0.15, -0.1) is 0 Å². The van der Waals surface area contributed by atoms with E-state index in [1.807, 2.05) is 14.1 Å². The van der Waals surface area contributed by atoms with Crippen molar-refractivity contribution in [2.75, 3.05) is 21.2 Å². The van der Waals surface area contributed by atoms with Crippen LogP contribution in [-0.2, 0) is 0 Å². The van der Waals surface area contributed by atoms with E-state index in [1.165, 1.54) is 19.3 Å². The SMILES string of the molecule is C1CC1.CNC.CO. The van der Waals surface area contributed by atoms with E-state index >= 15 is 0 Å². The van der Waals surface area contributed by atoms with Gasteiger partial charge in [-0.3, -0.25) is 0 Å². The number of aliphatic hydroxyl groups is 1. The van der Waals surface area contributed by atoms with E-state index in [-0.39, 0.29) is 0 Å². The molecule has 0 unspecified atom stereocenters. The number of hydrogen-bond acceptors (Lipinski definition) is 2. The fourth-order valence-electron chi connectivity index (χ4n) is 0. The van der Waals surface area contributed by atoms with Crippen molar-refractivity contribution >= 4 is 0 Å². The molecule has 0 aromatic heterocycles. The Kier molecular flexibility index (Phi) is 21.3. The predicted molar refractivity (Wildman–Crippen MR) is 37.0 cm³/mol. The number of nitrogens with one attached hydrogen (secondary N) is 1. The van der Waals surface area contributed by atoms with Crippen LogP contribution in [0.1, 0.15) is 19.3 Å². The standard InChI is InChI=1S/C3H6.C2H7N.CH4O/c1-2-3-1;1-3-2;1-2/h1-3H2;3H,1-2H3;2H,1H3. The Bertz CT molecular complexity index is 19.7. The highest BCUT2D eigenvalue weighted by molar-refractivity contribution is 4.50. The van der Waals surface area contributed by atoms with Gasteiger partial charge in [-0.05, 0) is 14.1 Å². The Balaban J connectivity index is 0. The molecule has 0 atom stereocenters. The van der Waals surface area contributed by atoms with Crippen LogP contribution in [-0.4, -0.2) is 26.3 Å². The van der Waals surface area contributed by atoms with Gasteiger partial charge in [0.2, 0.25) is 0 Å². The molecule has 0 aliphatic heterocycles. The number of aliphatic hydroxyl groups excluding tert-OH is 1. The highest BCUT2D eigenvalue weighted by Crippen LogP contribution is 2.14. The van der Waals surface area contributed by atoms with Crippen LogP contribution in [0.2, 0.25) is 0 Å². The molecule has 2 N–H and O–H groups in total. The minimum Gasteiger partial charge on any atom is -0.400 e. The van der Waals surface area contributed by atoms with Crippen molar-refractivity contribution in [3.05, 3.63) is 0 Å². The lowest BCUT2D eigenvalue weighted by molar-refractivity contribution is 0.399. The molecule has 0 aromatic rings. The van der Waals surface area contributed by atoms with Gasteiger partial charge in [0.1, 0.15) is 0 Å². The normalized spacial score (nSPS) is 12.0. The van der Waals surface area contributed by atoms with Crippen molar-refractivity contribution in [1.29, 1.82) is 0 Å². The third-order valence-corrected chi connectivity index (χ3v) is 0.354. The summed E-state index contributed by atoms with van der Waals surface area (Å²) in [4.78, 5) is 0. The van der Waals surface area contributed by atoms with Crippen LogP contribution in [0.4, 0.5) is 0 Å². The molecule has 0 radical (unpaired) electrons. The van der Waals surface area contributed by atoms with Crippen LogP contribution >= 0.6 is 0 Å². The van der Waals surface area contributed by atoms with Gasteiger partial charge >= 0.3 is 0 Å². The van der Waals surface area contributed by atoms with Gasteiger partial charge in [-0.25, -0.2) is 0 Å². The number of rotatable bonds is 0. The van der Waals surface area contributed by atoms with Gasteiger partial charge in [0.05, 0.1) is 0 Å². The molecule has 2 heteroatoms. The molecular weight excluding hydrogens is 102 g/mol. The highest BCUT2D eigenvalue weighted by atomic mass is 16.2. The summed E-state index contributed by atoms with van der Waals surface area (Å²) in [6, 6.07) is 0. The summed E-state index contributed by atoms with van der Waals surface area (Å²) in [5, 5.41) is 9.75. The third kappa shape index (κ3) is 169. The summed E-state index contributed by atoms with van der Waals surface area (Å²) in [5.41, 5.74) is 0. The maximum atomic E-state index is 7.00. The predicted octanol–water partition coefficient (Wildman–Crippen LogP) is 0.614. The smallest absolute Gasteiger partial charge is 0.0319 e. The molecule has 1 aliphatic carbocycles. The number of hydrogen-bond donors (Lipinski definition) is 2. The van der Waals surface area contributed by atoms with Gasteiger partial charge in [-0.1, -0.05) is 19.3 Å². The molecule has 0 amide bonds. The molecule has 1 saturated carbocycles. The maximum absolute atomic E-state index is 7.00. The Morgan fingerprint density at radius 3 is 1.12 bits per heavy atom. The first-order valence-corrected chi connectivity index (χ1v) is 2.95. The molecular formula is C6H17NO. The topological polar surface area (TPSA) is 32.3 Å². The Morgan fingerprint density at radius 2 is 1.12 bits per heavy atom. The molecule has 0 spiro atoms. The third-order valence-electron chi connectivity index (χ3n) is 0.354. The second kappa shape index (κ2) is 15.8. The van der Waals surface area contributed by atoms with E-state index < -0.39 is 0 Å². The lowest BCUT2D eigenvalue weighted by Crippen LogP contribution is -1.89. The summed E-state index contributed by atoms with van der Waals surface area (Å²) >= 11 is 0. The van der Waals surface area contributed by atoms with Crippen molar-refractivity contribution in [3.8, 4) is 0 Å².